The SMILES string of the molecule is CCN(CC)CC.c1cc2ccc1-2. The molecule has 0 heterocycles. The zero-order chi connectivity index (χ0) is 9.68. The molecule has 0 fully saturated rings. The minimum atomic E-state index is 1.19. The van der Waals surface area contributed by atoms with Crippen molar-refractivity contribution in [3.63, 3.8) is 0 Å². The molecule has 2 aliphatic carbocycles. The predicted molar refractivity (Wildman–Crippen MR) is 58.9 cm³/mol. The van der Waals surface area contributed by atoms with E-state index in [0.717, 1.165) is 0 Å². The summed E-state index contributed by atoms with van der Waals surface area (Å²) in [5, 5.41) is 0. The third-order valence-electron chi connectivity index (χ3n) is 2.56. The molecule has 2 rings (SSSR count). The van der Waals surface area contributed by atoms with Crippen molar-refractivity contribution in [1.29, 1.82) is 0 Å². The monoisotopic (exact) mass is 177 g/mol. The molecule has 0 atom stereocenters. The molecule has 1 heteroatoms. The van der Waals surface area contributed by atoms with Gasteiger partial charge < -0.3 is 4.90 Å². The molecule has 13 heavy (non-hydrogen) atoms. The van der Waals surface area contributed by atoms with Crippen molar-refractivity contribution in [2.24, 2.45) is 0 Å². The maximum atomic E-state index is 2.38. The number of hydrogen-bond acceptors (Lipinski definition) is 1. The molecule has 0 radical (unpaired) electrons. The maximum absolute atomic E-state index is 2.38. The van der Waals surface area contributed by atoms with Crippen molar-refractivity contribution in [2.45, 2.75) is 20.8 Å². The van der Waals surface area contributed by atoms with E-state index in [2.05, 4.69) is 49.9 Å². The van der Waals surface area contributed by atoms with E-state index in [0.29, 0.717) is 0 Å². The maximum Gasteiger partial charge on any atom is -0.00474 e. The fraction of sp³-hybridized carbons (Fsp3) is 0.500. The zero-order valence-corrected chi connectivity index (χ0v) is 8.88. The fourth-order valence-electron chi connectivity index (χ4n) is 1.33. The van der Waals surface area contributed by atoms with Gasteiger partial charge in [0.15, 0.2) is 0 Å². The van der Waals surface area contributed by atoms with Crippen molar-refractivity contribution in [3.05, 3.63) is 24.3 Å². The van der Waals surface area contributed by atoms with Gasteiger partial charge in [-0.3, -0.25) is 0 Å². The Bertz CT molecular complexity index is 207. The Morgan fingerprint density at radius 1 is 0.769 bits per heavy atom. The van der Waals surface area contributed by atoms with Gasteiger partial charge in [0, 0.05) is 0 Å². The van der Waals surface area contributed by atoms with Crippen molar-refractivity contribution in [2.75, 3.05) is 19.6 Å². The Balaban J connectivity index is 0.000000130. The molecule has 0 unspecified atom stereocenters. The highest BCUT2D eigenvalue weighted by Crippen LogP contribution is 2.29. The Morgan fingerprint density at radius 2 is 1.08 bits per heavy atom. The number of rotatable bonds is 3. The van der Waals surface area contributed by atoms with Crippen LogP contribution in [0.2, 0.25) is 0 Å². The third-order valence-corrected chi connectivity index (χ3v) is 2.56. The van der Waals surface area contributed by atoms with Gasteiger partial charge in [-0.2, -0.15) is 0 Å². The summed E-state index contributed by atoms with van der Waals surface area (Å²) in [4.78, 5) is 2.38. The highest BCUT2D eigenvalue weighted by molar-refractivity contribution is 5.75. The van der Waals surface area contributed by atoms with Crippen molar-refractivity contribution >= 4 is 0 Å². The highest BCUT2D eigenvalue weighted by atomic mass is 15.1. The molecule has 1 nitrogen and oxygen atoms in total. The Kier molecular flexibility index (Phi) is 3.97. The molecule has 2 aliphatic rings. The Hall–Kier alpha value is -0.820. The standard InChI is InChI=1S/C6H15N.C6H4/c1-4-7(5-2)6-3;1-2-6-4-3-5(1)6/h4-6H2,1-3H3;1-4H. The summed E-state index contributed by atoms with van der Waals surface area (Å²) in [6.45, 7) is 10.1. The average Bonchev–Trinajstić information content (AvgIpc) is 2.15. The van der Waals surface area contributed by atoms with Crippen LogP contribution in [0.1, 0.15) is 20.8 Å². The van der Waals surface area contributed by atoms with Crippen LogP contribution in [-0.4, -0.2) is 24.5 Å². The van der Waals surface area contributed by atoms with Crippen LogP contribution in [0.3, 0.4) is 0 Å². The first kappa shape index (κ1) is 10.3. The van der Waals surface area contributed by atoms with Crippen LogP contribution in [-0.2, 0) is 0 Å². The molecule has 0 aromatic rings. The molecule has 0 aliphatic heterocycles. The van der Waals surface area contributed by atoms with E-state index >= 15 is 0 Å². The van der Waals surface area contributed by atoms with Crippen LogP contribution in [0.5, 0.6) is 0 Å². The van der Waals surface area contributed by atoms with Gasteiger partial charge >= 0.3 is 0 Å². The first-order valence-corrected chi connectivity index (χ1v) is 5.14. The zero-order valence-electron chi connectivity index (χ0n) is 8.88. The second-order valence-electron chi connectivity index (χ2n) is 3.20. The Morgan fingerprint density at radius 3 is 1.08 bits per heavy atom. The molecule has 0 spiro atoms. The molecule has 0 saturated carbocycles. The number of hydrogen-bond donors (Lipinski definition) is 0. The minimum absolute atomic E-state index is 1.19. The van der Waals surface area contributed by atoms with E-state index in [1.807, 2.05) is 0 Å². The van der Waals surface area contributed by atoms with Crippen molar-refractivity contribution in [3.8, 4) is 11.1 Å². The number of fused-ring (bicyclic) bond motifs is 1. The molecule has 0 N–H and O–H groups in total. The van der Waals surface area contributed by atoms with Gasteiger partial charge in [0.1, 0.15) is 0 Å². The van der Waals surface area contributed by atoms with Gasteiger partial charge in [-0.1, -0.05) is 45.0 Å². The van der Waals surface area contributed by atoms with Crippen LogP contribution >= 0.6 is 0 Å². The number of nitrogens with zero attached hydrogens (tertiary/aromatic N) is 1. The average molecular weight is 177 g/mol. The van der Waals surface area contributed by atoms with Crippen LogP contribution in [0.15, 0.2) is 24.3 Å². The molecule has 0 aromatic carbocycles. The molecule has 0 saturated heterocycles. The van der Waals surface area contributed by atoms with E-state index in [1.165, 1.54) is 30.8 Å². The largest absolute Gasteiger partial charge is 0.304 e. The second kappa shape index (κ2) is 5.03. The summed E-state index contributed by atoms with van der Waals surface area (Å²) in [6.07, 6.45) is 0. The first-order valence-electron chi connectivity index (χ1n) is 5.14. The summed E-state index contributed by atoms with van der Waals surface area (Å²) in [5.74, 6) is 0. The summed E-state index contributed by atoms with van der Waals surface area (Å²) in [5.41, 5.74) is 2.85. The quantitative estimate of drug-likeness (QED) is 0.696. The lowest BCUT2D eigenvalue weighted by atomic mass is 9.95. The van der Waals surface area contributed by atoms with Crippen LogP contribution < -0.4 is 0 Å². The Labute approximate surface area is 81.4 Å². The summed E-state index contributed by atoms with van der Waals surface area (Å²) >= 11 is 0. The van der Waals surface area contributed by atoms with Crippen LogP contribution in [0.25, 0.3) is 11.1 Å². The van der Waals surface area contributed by atoms with E-state index in [9.17, 15) is 0 Å². The molecule has 72 valence electrons. The first-order chi connectivity index (χ1) is 6.31. The summed E-state index contributed by atoms with van der Waals surface area (Å²) in [7, 11) is 0. The minimum Gasteiger partial charge on any atom is -0.304 e. The van der Waals surface area contributed by atoms with E-state index in [4.69, 9.17) is 0 Å². The molecule has 0 bridgehead atoms. The third kappa shape index (κ3) is 2.56. The van der Waals surface area contributed by atoms with Gasteiger partial charge in [0.25, 0.3) is 0 Å². The summed E-state index contributed by atoms with van der Waals surface area (Å²) in [6, 6.07) is 8.48. The smallest absolute Gasteiger partial charge is 0.00474 e. The molecule has 0 amide bonds. The molecule has 0 aromatic heterocycles. The van der Waals surface area contributed by atoms with E-state index in [-0.39, 0.29) is 0 Å². The normalized spacial score (nSPS) is 10.8. The van der Waals surface area contributed by atoms with Gasteiger partial charge in [0.05, 0.1) is 0 Å². The van der Waals surface area contributed by atoms with Gasteiger partial charge in [-0.25, -0.2) is 0 Å². The predicted octanol–water partition coefficient (Wildman–Crippen LogP) is 3.02. The second-order valence-corrected chi connectivity index (χ2v) is 3.20. The topological polar surface area (TPSA) is 3.24 Å². The van der Waals surface area contributed by atoms with Gasteiger partial charge in [-0.15, -0.1) is 0 Å². The fourth-order valence-corrected chi connectivity index (χ4v) is 1.33. The van der Waals surface area contributed by atoms with Crippen molar-refractivity contribution < 1.29 is 0 Å². The van der Waals surface area contributed by atoms with Gasteiger partial charge in [0.2, 0.25) is 0 Å². The van der Waals surface area contributed by atoms with Crippen LogP contribution in [0, 0.1) is 0 Å². The van der Waals surface area contributed by atoms with E-state index < -0.39 is 0 Å². The van der Waals surface area contributed by atoms with Crippen LogP contribution in [0.4, 0.5) is 0 Å². The lowest BCUT2D eigenvalue weighted by Gasteiger charge is -2.13. The number of benzene rings is 1. The molecular formula is C12H19N. The lowest BCUT2D eigenvalue weighted by molar-refractivity contribution is 0.321. The van der Waals surface area contributed by atoms with Crippen molar-refractivity contribution in [1.82, 2.24) is 4.90 Å². The highest BCUT2D eigenvalue weighted by Gasteiger charge is 2.03. The molecular weight excluding hydrogens is 158 g/mol. The van der Waals surface area contributed by atoms with E-state index in [1.54, 1.807) is 0 Å². The van der Waals surface area contributed by atoms with Gasteiger partial charge in [-0.05, 0) is 30.8 Å². The lowest BCUT2D eigenvalue weighted by Crippen LogP contribution is -2.21. The summed E-state index contributed by atoms with van der Waals surface area (Å²) < 4.78 is 0.